The minimum Gasteiger partial charge on any atom is -0.454 e. The Morgan fingerprint density at radius 1 is 1.03 bits per heavy atom. The standard InChI is InChI=1S/C22H19F3N2O5S/c1-13-10-19(14(2)27(13)17-5-3-4-16(11-17)22(23,24)25)20(28)12-32-21(29)15-6-8-18(9-7-15)33(26,30)31/h3-11H,12H2,1-2H3,(H2,26,30,31). The Hall–Kier alpha value is -3.44. The Balaban J connectivity index is 1.77. The number of nitrogens with two attached hydrogens (primary N) is 1. The normalized spacial score (nSPS) is 11.9. The van der Waals surface area contributed by atoms with Gasteiger partial charge in [-0.3, -0.25) is 4.79 Å². The SMILES string of the molecule is Cc1cc(C(=O)COC(=O)c2ccc(S(N)(=O)=O)cc2)c(C)n1-c1cccc(C(F)(F)F)c1. The van der Waals surface area contributed by atoms with E-state index in [1.165, 1.54) is 34.9 Å². The summed E-state index contributed by atoms with van der Waals surface area (Å²) in [6, 6.07) is 10.9. The van der Waals surface area contributed by atoms with Gasteiger partial charge in [-0.05, 0) is 62.4 Å². The van der Waals surface area contributed by atoms with Crippen LogP contribution in [0.25, 0.3) is 5.69 Å². The van der Waals surface area contributed by atoms with Crippen LogP contribution in [0.5, 0.6) is 0 Å². The molecule has 0 spiro atoms. The van der Waals surface area contributed by atoms with Gasteiger partial charge in [0.05, 0.1) is 16.0 Å². The molecule has 11 heteroatoms. The van der Waals surface area contributed by atoms with Crippen LogP contribution in [-0.2, 0) is 20.9 Å². The van der Waals surface area contributed by atoms with Gasteiger partial charge in [0.15, 0.2) is 6.61 Å². The van der Waals surface area contributed by atoms with E-state index in [0.717, 1.165) is 24.3 Å². The molecule has 0 bridgehead atoms. The van der Waals surface area contributed by atoms with Gasteiger partial charge in [0, 0.05) is 22.6 Å². The summed E-state index contributed by atoms with van der Waals surface area (Å²) in [6.45, 7) is 2.61. The molecular weight excluding hydrogens is 461 g/mol. The van der Waals surface area contributed by atoms with E-state index in [4.69, 9.17) is 9.88 Å². The van der Waals surface area contributed by atoms with Gasteiger partial charge in [0.2, 0.25) is 15.8 Å². The number of aryl methyl sites for hydroxylation is 1. The van der Waals surface area contributed by atoms with Crippen LogP contribution in [0.15, 0.2) is 59.5 Å². The third-order valence-electron chi connectivity index (χ3n) is 4.92. The number of sulfonamides is 1. The molecule has 0 amide bonds. The van der Waals surface area contributed by atoms with Crippen LogP contribution in [-0.4, -0.2) is 31.3 Å². The van der Waals surface area contributed by atoms with Crippen LogP contribution < -0.4 is 5.14 Å². The maximum atomic E-state index is 13.1. The fourth-order valence-electron chi connectivity index (χ4n) is 3.34. The van der Waals surface area contributed by atoms with Crippen molar-refractivity contribution < 1.29 is 35.9 Å². The second kappa shape index (κ2) is 8.83. The number of Topliss-reactive ketones (excluding diaryl/α,β-unsaturated/α-hetero) is 1. The molecule has 0 unspecified atom stereocenters. The number of esters is 1. The molecule has 7 nitrogen and oxygen atoms in total. The molecule has 0 aliphatic heterocycles. The van der Waals surface area contributed by atoms with Crippen molar-refractivity contribution in [2.24, 2.45) is 5.14 Å². The molecule has 2 N–H and O–H groups in total. The largest absolute Gasteiger partial charge is 0.454 e. The Morgan fingerprint density at radius 3 is 2.24 bits per heavy atom. The monoisotopic (exact) mass is 480 g/mol. The number of carbonyl (C=O) groups excluding carboxylic acids is 2. The summed E-state index contributed by atoms with van der Waals surface area (Å²) in [4.78, 5) is 24.6. The topological polar surface area (TPSA) is 108 Å². The molecule has 33 heavy (non-hydrogen) atoms. The lowest BCUT2D eigenvalue weighted by Gasteiger charge is -2.13. The molecule has 1 aromatic heterocycles. The van der Waals surface area contributed by atoms with Crippen molar-refractivity contribution >= 4 is 21.8 Å². The fraction of sp³-hybridized carbons (Fsp3) is 0.182. The van der Waals surface area contributed by atoms with Crippen LogP contribution in [0.1, 0.15) is 37.7 Å². The van der Waals surface area contributed by atoms with E-state index in [-0.39, 0.29) is 21.7 Å². The molecule has 0 radical (unpaired) electrons. The van der Waals surface area contributed by atoms with Crippen molar-refractivity contribution in [3.05, 3.63) is 82.7 Å². The third-order valence-corrected chi connectivity index (χ3v) is 5.85. The predicted molar refractivity (Wildman–Crippen MR) is 113 cm³/mol. The lowest BCUT2D eigenvalue weighted by molar-refractivity contribution is -0.137. The number of aromatic nitrogens is 1. The van der Waals surface area contributed by atoms with Crippen LogP contribution in [0.2, 0.25) is 0 Å². The molecule has 0 aliphatic rings. The molecule has 0 saturated heterocycles. The number of halogens is 3. The average molecular weight is 480 g/mol. The van der Waals surface area contributed by atoms with E-state index in [9.17, 15) is 31.2 Å². The van der Waals surface area contributed by atoms with Gasteiger partial charge in [-0.1, -0.05) is 6.07 Å². The van der Waals surface area contributed by atoms with Gasteiger partial charge < -0.3 is 9.30 Å². The zero-order valence-corrected chi connectivity index (χ0v) is 18.3. The van der Waals surface area contributed by atoms with Gasteiger partial charge in [-0.15, -0.1) is 0 Å². The number of rotatable bonds is 6. The summed E-state index contributed by atoms with van der Waals surface area (Å²) in [6.07, 6.45) is -4.51. The number of hydrogen-bond donors (Lipinski definition) is 1. The quantitative estimate of drug-likeness (QED) is 0.427. The Kier molecular flexibility index (Phi) is 6.48. The second-order valence-corrected chi connectivity index (χ2v) is 8.80. The van der Waals surface area contributed by atoms with Crippen molar-refractivity contribution in [3.8, 4) is 5.69 Å². The van der Waals surface area contributed by atoms with Crippen LogP contribution in [0.3, 0.4) is 0 Å². The van der Waals surface area contributed by atoms with Crippen molar-refractivity contribution in [1.29, 1.82) is 0 Å². The number of ether oxygens (including phenoxy) is 1. The zero-order chi connectivity index (χ0) is 24.6. The molecular formula is C22H19F3N2O5S. The van der Waals surface area contributed by atoms with E-state index in [1.807, 2.05) is 0 Å². The first-order valence-electron chi connectivity index (χ1n) is 9.49. The lowest BCUT2D eigenvalue weighted by Crippen LogP contribution is -2.16. The van der Waals surface area contributed by atoms with E-state index >= 15 is 0 Å². The molecule has 3 aromatic rings. The first kappa shape index (κ1) is 24.2. The second-order valence-electron chi connectivity index (χ2n) is 7.24. The van der Waals surface area contributed by atoms with Gasteiger partial charge >= 0.3 is 12.1 Å². The average Bonchev–Trinajstić information content (AvgIpc) is 3.04. The highest BCUT2D eigenvalue weighted by atomic mass is 32.2. The smallest absolute Gasteiger partial charge is 0.416 e. The molecule has 3 rings (SSSR count). The van der Waals surface area contributed by atoms with Gasteiger partial charge in [-0.2, -0.15) is 13.2 Å². The third kappa shape index (κ3) is 5.32. The lowest BCUT2D eigenvalue weighted by atomic mass is 10.1. The Labute approximate surface area is 187 Å². The summed E-state index contributed by atoms with van der Waals surface area (Å²) in [5, 5.41) is 5.00. The highest BCUT2D eigenvalue weighted by Gasteiger charge is 2.31. The Bertz CT molecular complexity index is 1330. The number of primary sulfonamides is 1. The summed E-state index contributed by atoms with van der Waals surface area (Å²) >= 11 is 0. The number of carbonyl (C=O) groups is 2. The van der Waals surface area contributed by atoms with E-state index < -0.39 is 40.1 Å². The first-order chi connectivity index (χ1) is 15.3. The zero-order valence-electron chi connectivity index (χ0n) is 17.5. The first-order valence-corrected chi connectivity index (χ1v) is 11.0. The summed E-state index contributed by atoms with van der Waals surface area (Å²) < 4.78 is 68.3. The van der Waals surface area contributed by atoms with Crippen molar-refractivity contribution in [1.82, 2.24) is 4.57 Å². The molecule has 0 atom stereocenters. The van der Waals surface area contributed by atoms with Crippen molar-refractivity contribution in [3.63, 3.8) is 0 Å². The molecule has 0 saturated carbocycles. The van der Waals surface area contributed by atoms with E-state index in [0.29, 0.717) is 11.4 Å². The number of hydrogen-bond acceptors (Lipinski definition) is 5. The number of benzene rings is 2. The van der Waals surface area contributed by atoms with Crippen molar-refractivity contribution in [2.75, 3.05) is 6.61 Å². The van der Waals surface area contributed by atoms with Crippen LogP contribution >= 0.6 is 0 Å². The van der Waals surface area contributed by atoms with Crippen LogP contribution in [0, 0.1) is 13.8 Å². The molecule has 0 fully saturated rings. The predicted octanol–water partition coefficient (Wildman–Crippen LogP) is 3.80. The van der Waals surface area contributed by atoms with E-state index in [1.54, 1.807) is 13.8 Å². The van der Waals surface area contributed by atoms with Gasteiger partial charge in [0.1, 0.15) is 0 Å². The minimum absolute atomic E-state index is 0.0182. The summed E-state index contributed by atoms with van der Waals surface area (Å²) in [5.74, 6) is -1.40. The molecule has 1 heterocycles. The number of nitrogens with zero attached hydrogens (tertiary/aromatic N) is 1. The minimum atomic E-state index is -4.51. The summed E-state index contributed by atoms with van der Waals surface area (Å²) in [7, 11) is -3.92. The maximum absolute atomic E-state index is 13.1. The molecule has 2 aromatic carbocycles. The molecule has 174 valence electrons. The van der Waals surface area contributed by atoms with Crippen molar-refractivity contribution in [2.45, 2.75) is 24.9 Å². The van der Waals surface area contributed by atoms with E-state index in [2.05, 4.69) is 0 Å². The highest BCUT2D eigenvalue weighted by Crippen LogP contribution is 2.31. The number of alkyl halides is 3. The Morgan fingerprint density at radius 2 is 1.67 bits per heavy atom. The fourth-order valence-corrected chi connectivity index (χ4v) is 3.85. The van der Waals surface area contributed by atoms with Gasteiger partial charge in [0.25, 0.3) is 0 Å². The van der Waals surface area contributed by atoms with Crippen LogP contribution in [0.4, 0.5) is 13.2 Å². The highest BCUT2D eigenvalue weighted by molar-refractivity contribution is 7.89. The molecule has 0 aliphatic carbocycles. The van der Waals surface area contributed by atoms with Gasteiger partial charge in [-0.25, -0.2) is 18.4 Å². The number of ketones is 1. The maximum Gasteiger partial charge on any atom is 0.416 e. The summed E-state index contributed by atoms with van der Waals surface area (Å²) in [5.41, 5.74) is 0.561.